The maximum Gasteiger partial charge on any atom is 0.254 e. The topological polar surface area (TPSA) is 65.5 Å². The molecule has 1 amide bonds. The van der Waals surface area contributed by atoms with E-state index in [0.29, 0.717) is 31.9 Å². The van der Waals surface area contributed by atoms with Gasteiger partial charge in [-0.1, -0.05) is 55.5 Å². The third-order valence-electron chi connectivity index (χ3n) is 8.16. The zero-order valence-corrected chi connectivity index (χ0v) is 24.0. The lowest BCUT2D eigenvalue weighted by atomic mass is 9.94. The molecule has 2 heterocycles. The number of carbonyl (C=O) groups excluding carboxylic acids is 1. The summed E-state index contributed by atoms with van der Waals surface area (Å²) in [6.07, 6.45) is -0.125. The van der Waals surface area contributed by atoms with Crippen LogP contribution in [0.5, 0.6) is 5.75 Å². The SMILES string of the molecule is C[C@@H]1CN([C@H](C)CO)C(=O)c2ccccc2-c2ccccc2CO[C@@H]1CN(C)Cc1ccc2c(c1)OCCN2C. The van der Waals surface area contributed by atoms with Gasteiger partial charge >= 0.3 is 0 Å². The molecule has 0 saturated heterocycles. The van der Waals surface area contributed by atoms with E-state index >= 15 is 0 Å². The number of anilines is 1. The molecule has 0 bridgehead atoms. The Morgan fingerprint density at radius 3 is 2.55 bits per heavy atom. The molecule has 212 valence electrons. The molecule has 7 nitrogen and oxygen atoms in total. The summed E-state index contributed by atoms with van der Waals surface area (Å²) in [6, 6.07) is 22.1. The molecular weight excluding hydrogens is 502 g/mol. The van der Waals surface area contributed by atoms with Gasteiger partial charge in [0.1, 0.15) is 12.4 Å². The second kappa shape index (κ2) is 12.4. The van der Waals surface area contributed by atoms with Gasteiger partial charge in [-0.3, -0.25) is 9.69 Å². The second-order valence-electron chi connectivity index (χ2n) is 11.3. The van der Waals surface area contributed by atoms with Crippen LogP contribution in [-0.2, 0) is 17.9 Å². The first-order valence-corrected chi connectivity index (χ1v) is 14.2. The van der Waals surface area contributed by atoms with E-state index < -0.39 is 0 Å². The van der Waals surface area contributed by atoms with Gasteiger partial charge in [0, 0.05) is 38.2 Å². The number of rotatable bonds is 6. The molecule has 0 spiro atoms. The number of ether oxygens (including phenoxy) is 2. The van der Waals surface area contributed by atoms with Gasteiger partial charge in [0.15, 0.2) is 0 Å². The minimum atomic E-state index is -0.314. The summed E-state index contributed by atoms with van der Waals surface area (Å²) in [5, 5.41) is 10.1. The minimum Gasteiger partial charge on any atom is -0.490 e. The number of fused-ring (bicyclic) bond motifs is 4. The standard InChI is InChI=1S/C33H41N3O4/c1-23-18-36(24(2)21-37)33(38)29-12-8-7-11-28(29)27-10-6-5-9-26(27)22-40-32(23)20-34(3)19-25-13-14-30-31(17-25)39-16-15-35(30)4/h5-14,17,23-24,32,37H,15-16,18-22H2,1-4H3/t23-,24-,32-/m1/s1. The van der Waals surface area contributed by atoms with Crippen molar-refractivity contribution in [1.29, 1.82) is 0 Å². The quantitative estimate of drug-likeness (QED) is 0.488. The van der Waals surface area contributed by atoms with E-state index in [1.165, 1.54) is 5.56 Å². The lowest BCUT2D eigenvalue weighted by Crippen LogP contribution is -2.47. The minimum absolute atomic E-state index is 0.0401. The van der Waals surface area contributed by atoms with E-state index in [2.05, 4.69) is 61.2 Å². The van der Waals surface area contributed by atoms with E-state index in [1.807, 2.05) is 48.2 Å². The maximum atomic E-state index is 14.0. The first-order valence-electron chi connectivity index (χ1n) is 14.2. The molecule has 0 aliphatic carbocycles. The molecule has 7 heteroatoms. The van der Waals surface area contributed by atoms with Crippen molar-refractivity contribution < 1.29 is 19.4 Å². The molecule has 5 rings (SSSR count). The molecular formula is C33H41N3O4. The summed E-state index contributed by atoms with van der Waals surface area (Å²) >= 11 is 0. The summed E-state index contributed by atoms with van der Waals surface area (Å²) in [6.45, 7) is 7.93. The van der Waals surface area contributed by atoms with Gasteiger partial charge < -0.3 is 24.4 Å². The van der Waals surface area contributed by atoms with Gasteiger partial charge in [0.25, 0.3) is 5.91 Å². The van der Waals surface area contributed by atoms with Crippen LogP contribution in [0.15, 0.2) is 66.7 Å². The lowest BCUT2D eigenvalue weighted by Gasteiger charge is -2.35. The van der Waals surface area contributed by atoms with Crippen LogP contribution in [0.3, 0.4) is 0 Å². The zero-order valence-electron chi connectivity index (χ0n) is 24.0. The van der Waals surface area contributed by atoms with Gasteiger partial charge in [-0.25, -0.2) is 0 Å². The Kier molecular flexibility index (Phi) is 8.74. The smallest absolute Gasteiger partial charge is 0.254 e. The summed E-state index contributed by atoms with van der Waals surface area (Å²) in [4.78, 5) is 20.3. The van der Waals surface area contributed by atoms with Crippen LogP contribution in [0.4, 0.5) is 5.69 Å². The second-order valence-corrected chi connectivity index (χ2v) is 11.3. The Morgan fingerprint density at radius 2 is 1.77 bits per heavy atom. The highest BCUT2D eigenvalue weighted by molar-refractivity contribution is 6.01. The third kappa shape index (κ3) is 6.02. The predicted octanol–water partition coefficient (Wildman–Crippen LogP) is 4.67. The van der Waals surface area contributed by atoms with Gasteiger partial charge in [-0.05, 0) is 54.4 Å². The van der Waals surface area contributed by atoms with Crippen molar-refractivity contribution in [2.24, 2.45) is 5.92 Å². The maximum absolute atomic E-state index is 14.0. The molecule has 0 unspecified atom stereocenters. The van der Waals surface area contributed by atoms with Crippen LogP contribution >= 0.6 is 0 Å². The fourth-order valence-corrected chi connectivity index (χ4v) is 5.74. The molecule has 0 saturated carbocycles. The molecule has 3 atom stereocenters. The Bertz CT molecular complexity index is 1330. The van der Waals surface area contributed by atoms with Crippen molar-refractivity contribution in [2.45, 2.75) is 39.1 Å². The van der Waals surface area contributed by atoms with E-state index in [9.17, 15) is 9.90 Å². The zero-order chi connectivity index (χ0) is 28.2. The number of hydrogen-bond donors (Lipinski definition) is 1. The van der Waals surface area contributed by atoms with Crippen molar-refractivity contribution in [3.63, 3.8) is 0 Å². The molecule has 3 aromatic carbocycles. The molecule has 3 aromatic rings. The largest absolute Gasteiger partial charge is 0.490 e. The van der Waals surface area contributed by atoms with Crippen LogP contribution in [0, 0.1) is 5.92 Å². The number of likely N-dealkylation sites (N-methyl/N-ethyl adjacent to an activating group) is 2. The van der Waals surface area contributed by atoms with Crippen LogP contribution in [0.25, 0.3) is 11.1 Å². The predicted molar refractivity (Wildman–Crippen MR) is 159 cm³/mol. The number of carbonyl (C=O) groups is 1. The Balaban J connectivity index is 1.42. The summed E-state index contributed by atoms with van der Waals surface area (Å²) in [5.74, 6) is 0.910. The van der Waals surface area contributed by atoms with E-state index in [-0.39, 0.29) is 30.6 Å². The van der Waals surface area contributed by atoms with Crippen LogP contribution in [-0.4, -0.2) is 79.9 Å². The first-order chi connectivity index (χ1) is 19.4. The average molecular weight is 544 g/mol. The first kappa shape index (κ1) is 28.1. The van der Waals surface area contributed by atoms with Gasteiger partial charge in [0.2, 0.25) is 0 Å². The highest BCUT2D eigenvalue weighted by Gasteiger charge is 2.30. The average Bonchev–Trinajstić information content (AvgIpc) is 2.98. The van der Waals surface area contributed by atoms with Crippen LogP contribution in [0.1, 0.15) is 35.3 Å². The molecule has 1 N–H and O–H groups in total. The Morgan fingerprint density at radius 1 is 1.05 bits per heavy atom. The summed E-state index contributed by atoms with van der Waals surface area (Å²) < 4.78 is 12.6. The lowest BCUT2D eigenvalue weighted by molar-refractivity contribution is -0.0241. The Hall–Kier alpha value is -3.39. The number of amides is 1. The molecule has 40 heavy (non-hydrogen) atoms. The molecule has 0 fully saturated rings. The van der Waals surface area contributed by atoms with E-state index in [4.69, 9.17) is 9.47 Å². The fraction of sp³-hybridized carbons (Fsp3) is 0.424. The third-order valence-corrected chi connectivity index (χ3v) is 8.16. The van der Waals surface area contributed by atoms with Gasteiger partial charge in [-0.2, -0.15) is 0 Å². The normalized spacial score (nSPS) is 20.2. The fourth-order valence-electron chi connectivity index (χ4n) is 5.74. The number of benzene rings is 3. The summed E-state index contributed by atoms with van der Waals surface area (Å²) in [5.41, 5.74) is 5.92. The Labute approximate surface area is 237 Å². The van der Waals surface area contributed by atoms with Crippen molar-refractivity contribution in [1.82, 2.24) is 9.80 Å². The van der Waals surface area contributed by atoms with Crippen molar-refractivity contribution in [2.75, 3.05) is 51.8 Å². The highest BCUT2D eigenvalue weighted by atomic mass is 16.5. The molecule has 0 radical (unpaired) electrons. The van der Waals surface area contributed by atoms with E-state index in [0.717, 1.165) is 41.2 Å². The van der Waals surface area contributed by atoms with Gasteiger partial charge in [0.05, 0.1) is 37.6 Å². The van der Waals surface area contributed by atoms with E-state index in [1.54, 1.807) is 0 Å². The summed E-state index contributed by atoms with van der Waals surface area (Å²) in [7, 11) is 4.20. The molecule has 0 aromatic heterocycles. The number of hydrogen-bond acceptors (Lipinski definition) is 6. The van der Waals surface area contributed by atoms with Crippen molar-refractivity contribution >= 4 is 11.6 Å². The number of nitrogens with zero attached hydrogens (tertiary/aromatic N) is 3. The van der Waals surface area contributed by atoms with Crippen molar-refractivity contribution in [3.05, 3.63) is 83.4 Å². The highest BCUT2D eigenvalue weighted by Crippen LogP contribution is 2.33. The number of aliphatic hydroxyl groups is 1. The molecule has 2 aliphatic heterocycles. The van der Waals surface area contributed by atoms with Crippen molar-refractivity contribution in [3.8, 4) is 16.9 Å². The number of aliphatic hydroxyl groups excluding tert-OH is 1. The van der Waals surface area contributed by atoms with Gasteiger partial charge in [-0.15, -0.1) is 0 Å². The molecule has 2 aliphatic rings. The van der Waals surface area contributed by atoms with Crippen LogP contribution < -0.4 is 9.64 Å². The van der Waals surface area contributed by atoms with Crippen LogP contribution in [0.2, 0.25) is 0 Å². The monoisotopic (exact) mass is 543 g/mol.